The predicted molar refractivity (Wildman–Crippen MR) is 144 cm³/mol. The maximum Gasteiger partial charge on any atom is 0.312 e. The molecule has 1 N–H and O–H groups in total. The van der Waals surface area contributed by atoms with E-state index in [-0.39, 0.29) is 34.3 Å². The van der Waals surface area contributed by atoms with Crippen LogP contribution in [-0.4, -0.2) is 29.9 Å². The summed E-state index contributed by atoms with van der Waals surface area (Å²) in [4.78, 5) is 39.8. The van der Waals surface area contributed by atoms with Gasteiger partial charge in [-0.2, -0.15) is 0 Å². The number of carbonyl (C=O) groups is 1. The van der Waals surface area contributed by atoms with E-state index < -0.39 is 23.1 Å². The van der Waals surface area contributed by atoms with E-state index in [4.69, 9.17) is 18.6 Å². The van der Waals surface area contributed by atoms with Crippen molar-refractivity contribution in [3.63, 3.8) is 0 Å². The van der Waals surface area contributed by atoms with Crippen molar-refractivity contribution in [2.24, 2.45) is 7.05 Å². The first-order valence-corrected chi connectivity index (χ1v) is 12.2. The lowest BCUT2D eigenvalue weighted by molar-refractivity contribution is -0.135. The average Bonchev–Trinajstić information content (AvgIpc) is 2.94. The fourth-order valence-electron chi connectivity index (χ4n) is 5.30. The van der Waals surface area contributed by atoms with Gasteiger partial charge in [-0.15, -0.1) is 0 Å². The molecule has 0 bridgehead atoms. The highest BCUT2D eigenvalue weighted by molar-refractivity contribution is 5.94. The second kappa shape index (κ2) is 9.05. The van der Waals surface area contributed by atoms with Crippen molar-refractivity contribution in [1.29, 1.82) is 0 Å². The minimum Gasteiger partial charge on any atom is -0.507 e. The second-order valence-electron chi connectivity index (χ2n) is 9.31. The third kappa shape index (κ3) is 3.73. The molecule has 1 unspecified atom stereocenters. The van der Waals surface area contributed by atoms with E-state index in [0.29, 0.717) is 28.2 Å². The Kier molecular flexibility index (Phi) is 5.64. The van der Waals surface area contributed by atoms with Crippen molar-refractivity contribution in [3.05, 3.63) is 92.6 Å². The third-order valence-electron chi connectivity index (χ3n) is 7.20. The molecule has 0 aliphatic carbocycles. The molecule has 2 aromatic heterocycles. The number of nitrogens with zero attached hydrogens (tertiary/aromatic N) is 1. The van der Waals surface area contributed by atoms with Gasteiger partial charge in [-0.3, -0.25) is 14.4 Å². The molecule has 9 heteroatoms. The Balaban J connectivity index is 1.61. The molecule has 0 radical (unpaired) electrons. The van der Waals surface area contributed by atoms with Crippen LogP contribution in [0.15, 0.2) is 74.9 Å². The quantitative estimate of drug-likeness (QED) is 0.270. The first-order valence-electron chi connectivity index (χ1n) is 12.2. The number of aryl methyl sites for hydroxylation is 1. The fourth-order valence-corrected chi connectivity index (χ4v) is 5.30. The van der Waals surface area contributed by atoms with Gasteiger partial charge < -0.3 is 28.3 Å². The SMILES string of the molecule is COc1ccc(-c2coc3c4c(cc(O)c3c2=O)OC(=O)CC4c2cc3ccccc3n(C)c2=O)cc1OC. The molecule has 0 amide bonds. The molecule has 0 spiro atoms. The number of aromatic hydroxyl groups is 1. The highest BCUT2D eigenvalue weighted by Crippen LogP contribution is 2.45. The number of fused-ring (bicyclic) bond motifs is 4. The molecule has 1 aliphatic heterocycles. The Bertz CT molecular complexity index is 1930. The van der Waals surface area contributed by atoms with Gasteiger partial charge in [0.15, 0.2) is 11.5 Å². The van der Waals surface area contributed by atoms with Gasteiger partial charge in [-0.05, 0) is 35.2 Å². The normalized spacial score (nSPS) is 14.7. The first-order chi connectivity index (χ1) is 18.8. The smallest absolute Gasteiger partial charge is 0.312 e. The summed E-state index contributed by atoms with van der Waals surface area (Å²) in [5.41, 5.74) is 1.39. The number of benzene rings is 3. The average molecular weight is 526 g/mol. The summed E-state index contributed by atoms with van der Waals surface area (Å²) in [6.45, 7) is 0. The van der Waals surface area contributed by atoms with Gasteiger partial charge in [0.25, 0.3) is 5.56 Å². The lowest BCUT2D eigenvalue weighted by atomic mass is 9.85. The van der Waals surface area contributed by atoms with Crippen LogP contribution in [0.4, 0.5) is 0 Å². The predicted octanol–water partition coefficient (Wildman–Crippen LogP) is 4.48. The van der Waals surface area contributed by atoms with Crippen molar-refractivity contribution in [2.45, 2.75) is 12.3 Å². The highest BCUT2D eigenvalue weighted by Gasteiger charge is 2.35. The van der Waals surface area contributed by atoms with Crippen LogP contribution in [0, 0.1) is 0 Å². The van der Waals surface area contributed by atoms with Crippen LogP contribution in [0.2, 0.25) is 0 Å². The molecule has 3 heterocycles. The Morgan fingerprint density at radius 2 is 1.74 bits per heavy atom. The summed E-state index contributed by atoms with van der Waals surface area (Å²) in [6, 6.07) is 15.4. The van der Waals surface area contributed by atoms with Crippen LogP contribution in [0.1, 0.15) is 23.5 Å². The van der Waals surface area contributed by atoms with Crippen molar-refractivity contribution in [2.75, 3.05) is 14.2 Å². The number of hydrogen-bond donors (Lipinski definition) is 1. The number of ether oxygens (including phenoxy) is 3. The van der Waals surface area contributed by atoms with Crippen LogP contribution in [-0.2, 0) is 11.8 Å². The molecular weight excluding hydrogens is 502 g/mol. The topological polar surface area (TPSA) is 117 Å². The second-order valence-corrected chi connectivity index (χ2v) is 9.31. The van der Waals surface area contributed by atoms with Gasteiger partial charge in [0, 0.05) is 30.2 Å². The number of aromatic nitrogens is 1. The van der Waals surface area contributed by atoms with E-state index >= 15 is 0 Å². The Hall–Kier alpha value is -5.05. The van der Waals surface area contributed by atoms with E-state index in [1.165, 1.54) is 31.1 Å². The Morgan fingerprint density at radius 3 is 2.51 bits per heavy atom. The van der Waals surface area contributed by atoms with E-state index in [1.54, 1.807) is 31.3 Å². The summed E-state index contributed by atoms with van der Waals surface area (Å²) in [5.74, 6) is -0.778. The molecule has 0 saturated carbocycles. The monoisotopic (exact) mass is 525 g/mol. The van der Waals surface area contributed by atoms with Gasteiger partial charge in [0.05, 0.1) is 31.7 Å². The number of rotatable bonds is 4. The minimum absolute atomic E-state index is 0.0403. The van der Waals surface area contributed by atoms with E-state index in [0.717, 1.165) is 10.9 Å². The Labute approximate surface area is 221 Å². The maximum absolute atomic E-state index is 13.7. The van der Waals surface area contributed by atoms with Gasteiger partial charge in [0.1, 0.15) is 28.7 Å². The molecule has 1 aliphatic rings. The summed E-state index contributed by atoms with van der Waals surface area (Å²) in [7, 11) is 4.66. The summed E-state index contributed by atoms with van der Waals surface area (Å²) in [6.07, 6.45) is 1.15. The largest absolute Gasteiger partial charge is 0.507 e. The number of phenols is 1. The van der Waals surface area contributed by atoms with Gasteiger partial charge in [-0.25, -0.2) is 0 Å². The molecule has 39 heavy (non-hydrogen) atoms. The molecule has 0 fully saturated rings. The minimum atomic E-state index is -0.761. The first kappa shape index (κ1) is 24.3. The summed E-state index contributed by atoms with van der Waals surface area (Å²) < 4.78 is 23.6. The van der Waals surface area contributed by atoms with Crippen LogP contribution < -0.4 is 25.2 Å². The molecule has 5 aromatic rings. The molecule has 6 rings (SSSR count). The zero-order chi connectivity index (χ0) is 27.4. The van der Waals surface area contributed by atoms with E-state index in [9.17, 15) is 19.5 Å². The lowest BCUT2D eigenvalue weighted by Crippen LogP contribution is -2.29. The van der Waals surface area contributed by atoms with Crippen molar-refractivity contribution < 1.29 is 28.5 Å². The van der Waals surface area contributed by atoms with Crippen LogP contribution in [0.25, 0.3) is 33.0 Å². The molecule has 0 saturated heterocycles. The lowest BCUT2D eigenvalue weighted by Gasteiger charge is -2.26. The molecule has 196 valence electrons. The van der Waals surface area contributed by atoms with Gasteiger partial charge in [-0.1, -0.05) is 24.3 Å². The van der Waals surface area contributed by atoms with Crippen LogP contribution in [0.3, 0.4) is 0 Å². The summed E-state index contributed by atoms with van der Waals surface area (Å²) >= 11 is 0. The van der Waals surface area contributed by atoms with Crippen molar-refractivity contribution in [3.8, 4) is 34.1 Å². The molecular formula is C30H23NO8. The number of methoxy groups -OCH3 is 2. The van der Waals surface area contributed by atoms with Gasteiger partial charge in [0.2, 0.25) is 5.43 Å². The Morgan fingerprint density at radius 1 is 0.974 bits per heavy atom. The van der Waals surface area contributed by atoms with Crippen LogP contribution >= 0.6 is 0 Å². The van der Waals surface area contributed by atoms with Crippen molar-refractivity contribution in [1.82, 2.24) is 4.57 Å². The zero-order valence-corrected chi connectivity index (χ0v) is 21.3. The number of pyridine rings is 1. The summed E-state index contributed by atoms with van der Waals surface area (Å²) in [5, 5.41) is 11.6. The fraction of sp³-hybridized carbons (Fsp3) is 0.167. The zero-order valence-electron chi connectivity index (χ0n) is 21.3. The molecule has 1 atom stereocenters. The maximum atomic E-state index is 13.7. The highest BCUT2D eigenvalue weighted by atomic mass is 16.5. The molecule has 9 nitrogen and oxygen atoms in total. The van der Waals surface area contributed by atoms with E-state index in [1.807, 2.05) is 24.3 Å². The molecule has 3 aromatic carbocycles. The third-order valence-corrected chi connectivity index (χ3v) is 7.20. The number of carbonyl (C=O) groups excluding carboxylic acids is 1. The van der Waals surface area contributed by atoms with Crippen molar-refractivity contribution >= 4 is 27.8 Å². The number of phenolic OH excluding ortho intramolecular Hbond substituents is 1. The van der Waals surface area contributed by atoms with E-state index in [2.05, 4.69) is 0 Å². The number of para-hydroxylation sites is 1. The van der Waals surface area contributed by atoms with Gasteiger partial charge >= 0.3 is 5.97 Å². The number of hydrogen-bond acceptors (Lipinski definition) is 8. The number of esters is 1. The standard InChI is InChI=1S/C30H23NO8/c1-31-20-7-5-4-6-16(20)10-18(30(31)35)17-12-25(33)39-24-13-21(32)27-28(34)19(14-38-29(27)26(17)24)15-8-9-22(36-2)23(11-15)37-3/h4-11,13-14,17,32H,12H2,1-3H3. The van der Waals surface area contributed by atoms with Crippen LogP contribution in [0.5, 0.6) is 23.0 Å².